The van der Waals surface area contributed by atoms with Crippen molar-refractivity contribution in [2.45, 2.75) is 71.0 Å². The lowest BCUT2D eigenvalue weighted by atomic mass is 9.95. The molecule has 1 aliphatic carbocycles. The molecule has 0 heterocycles. The van der Waals surface area contributed by atoms with Crippen LogP contribution in [0, 0.1) is 0 Å². The van der Waals surface area contributed by atoms with Gasteiger partial charge in [0.25, 0.3) is 0 Å². The lowest BCUT2D eigenvalue weighted by Crippen LogP contribution is -2.52. The van der Waals surface area contributed by atoms with Crippen molar-refractivity contribution in [3.05, 3.63) is 64.7 Å². The molecule has 3 rings (SSSR count). The quantitative estimate of drug-likeness (QED) is 0.486. The van der Waals surface area contributed by atoms with Crippen LogP contribution in [-0.2, 0) is 32.6 Å². The molecule has 36 heavy (non-hydrogen) atoms. The summed E-state index contributed by atoms with van der Waals surface area (Å²) in [5.41, 5.74) is 2.23. The van der Waals surface area contributed by atoms with Gasteiger partial charge in [-0.05, 0) is 61.6 Å². The Morgan fingerprint density at radius 2 is 1.72 bits per heavy atom. The Kier molecular flexibility index (Phi) is 9.79. The highest BCUT2D eigenvalue weighted by atomic mass is 35.5. The number of aryl methyl sites for hydroxylation is 1. The van der Waals surface area contributed by atoms with Crippen LogP contribution in [0.15, 0.2) is 48.5 Å². The van der Waals surface area contributed by atoms with Gasteiger partial charge in [0, 0.05) is 17.6 Å². The van der Waals surface area contributed by atoms with Crippen molar-refractivity contribution in [3.8, 4) is 0 Å². The van der Waals surface area contributed by atoms with Crippen molar-refractivity contribution in [2.24, 2.45) is 0 Å². The van der Waals surface area contributed by atoms with Crippen LogP contribution in [0.2, 0.25) is 5.02 Å². The van der Waals surface area contributed by atoms with Gasteiger partial charge in [0.1, 0.15) is 12.6 Å². The second-order valence-electron chi connectivity index (χ2n) is 9.46. The van der Waals surface area contributed by atoms with Crippen LogP contribution < -0.4 is 9.62 Å². The van der Waals surface area contributed by atoms with E-state index in [1.807, 2.05) is 25.1 Å². The minimum atomic E-state index is -3.75. The molecule has 2 aromatic rings. The molecular formula is C27H36ClN3O4S. The van der Waals surface area contributed by atoms with Gasteiger partial charge in [0.2, 0.25) is 21.8 Å². The number of hydrogen-bond acceptors (Lipinski definition) is 4. The molecule has 0 spiro atoms. The molecule has 1 fully saturated rings. The highest BCUT2D eigenvalue weighted by Crippen LogP contribution is 2.22. The van der Waals surface area contributed by atoms with E-state index in [0.29, 0.717) is 10.7 Å². The van der Waals surface area contributed by atoms with Crippen molar-refractivity contribution < 1.29 is 18.0 Å². The predicted octanol–water partition coefficient (Wildman–Crippen LogP) is 4.53. The summed E-state index contributed by atoms with van der Waals surface area (Å²) < 4.78 is 26.4. The normalized spacial score (nSPS) is 15.2. The van der Waals surface area contributed by atoms with Crippen molar-refractivity contribution in [3.63, 3.8) is 0 Å². The van der Waals surface area contributed by atoms with E-state index >= 15 is 0 Å². The van der Waals surface area contributed by atoms with Crippen molar-refractivity contribution in [1.29, 1.82) is 0 Å². The molecule has 0 aliphatic heterocycles. The van der Waals surface area contributed by atoms with E-state index in [1.165, 1.54) is 11.3 Å². The smallest absolute Gasteiger partial charge is 0.244 e. The first-order chi connectivity index (χ1) is 17.1. The summed E-state index contributed by atoms with van der Waals surface area (Å²) in [7, 11) is -3.75. The van der Waals surface area contributed by atoms with Crippen LogP contribution >= 0.6 is 11.6 Å². The van der Waals surface area contributed by atoms with Gasteiger partial charge in [-0.1, -0.05) is 62.1 Å². The van der Waals surface area contributed by atoms with Crippen LogP contribution in [-0.4, -0.2) is 50.0 Å². The molecular weight excluding hydrogens is 498 g/mol. The summed E-state index contributed by atoms with van der Waals surface area (Å²) >= 11 is 6.16. The number of nitrogens with zero attached hydrogens (tertiary/aromatic N) is 2. The summed E-state index contributed by atoms with van der Waals surface area (Å²) in [6, 6.07) is 13.5. The molecule has 0 aromatic heterocycles. The maximum Gasteiger partial charge on any atom is 0.244 e. The topological polar surface area (TPSA) is 86.8 Å². The Morgan fingerprint density at radius 3 is 2.31 bits per heavy atom. The number of halogens is 1. The number of nitrogens with one attached hydrogen (secondary N) is 1. The lowest BCUT2D eigenvalue weighted by molar-refractivity contribution is -0.139. The molecule has 7 nitrogen and oxygen atoms in total. The van der Waals surface area contributed by atoms with Crippen molar-refractivity contribution in [1.82, 2.24) is 10.2 Å². The average molecular weight is 534 g/mol. The van der Waals surface area contributed by atoms with Gasteiger partial charge in [-0.25, -0.2) is 8.42 Å². The Bertz CT molecular complexity index is 1150. The van der Waals surface area contributed by atoms with E-state index in [9.17, 15) is 18.0 Å². The second-order valence-corrected chi connectivity index (χ2v) is 11.8. The van der Waals surface area contributed by atoms with Gasteiger partial charge < -0.3 is 10.2 Å². The number of benzene rings is 2. The molecule has 2 aromatic carbocycles. The standard InChI is InChI=1S/C27H36ClN3O4S/c1-4-21-13-15-25(16-14-21)31(36(3,34)35)19-26(32)30(18-22-9-8-10-23(28)17-22)20(2)27(33)29-24-11-6-5-7-12-24/h8-10,13-17,20,24H,4-7,11-12,18-19H2,1-3H3,(H,29,33)/t20-/m0/s1. The van der Waals surface area contributed by atoms with Crippen molar-refractivity contribution in [2.75, 3.05) is 17.1 Å². The molecule has 1 aliphatic rings. The Balaban J connectivity index is 1.86. The molecule has 0 radical (unpaired) electrons. The molecule has 1 N–H and O–H groups in total. The maximum atomic E-state index is 13.6. The molecule has 2 amide bonds. The fourth-order valence-electron chi connectivity index (χ4n) is 4.49. The van der Waals surface area contributed by atoms with E-state index in [2.05, 4.69) is 5.32 Å². The number of carbonyl (C=O) groups is 2. The third-order valence-electron chi connectivity index (χ3n) is 6.67. The van der Waals surface area contributed by atoms with E-state index < -0.39 is 28.5 Å². The molecule has 0 bridgehead atoms. The van der Waals surface area contributed by atoms with Crippen LogP contribution in [0.4, 0.5) is 5.69 Å². The Labute approximate surface area is 219 Å². The zero-order valence-electron chi connectivity index (χ0n) is 21.2. The first kappa shape index (κ1) is 28.0. The minimum Gasteiger partial charge on any atom is -0.352 e. The van der Waals surface area contributed by atoms with Crippen molar-refractivity contribution >= 4 is 39.1 Å². The summed E-state index contributed by atoms with van der Waals surface area (Å²) in [5, 5.41) is 3.61. The van der Waals surface area contributed by atoms with E-state index in [4.69, 9.17) is 11.6 Å². The van der Waals surface area contributed by atoms with Gasteiger partial charge in [-0.15, -0.1) is 0 Å². The zero-order valence-corrected chi connectivity index (χ0v) is 22.8. The summed E-state index contributed by atoms with van der Waals surface area (Å²) in [6.45, 7) is 3.42. The van der Waals surface area contributed by atoms with Crippen LogP contribution in [0.25, 0.3) is 0 Å². The van der Waals surface area contributed by atoms with Crippen LogP contribution in [0.1, 0.15) is 57.1 Å². The fraction of sp³-hybridized carbons (Fsp3) is 0.481. The van der Waals surface area contributed by atoms with Crippen LogP contribution in [0.3, 0.4) is 0 Å². The monoisotopic (exact) mass is 533 g/mol. The molecule has 0 unspecified atom stereocenters. The summed E-state index contributed by atoms with van der Waals surface area (Å²) in [4.78, 5) is 28.2. The largest absolute Gasteiger partial charge is 0.352 e. The number of amides is 2. The predicted molar refractivity (Wildman–Crippen MR) is 144 cm³/mol. The van der Waals surface area contributed by atoms with Gasteiger partial charge in [0.05, 0.1) is 11.9 Å². The van der Waals surface area contributed by atoms with Gasteiger partial charge in [-0.3, -0.25) is 13.9 Å². The summed E-state index contributed by atoms with van der Waals surface area (Å²) in [6.07, 6.45) is 7.07. The third-order valence-corrected chi connectivity index (χ3v) is 8.05. The molecule has 1 atom stereocenters. The Morgan fingerprint density at radius 1 is 1.06 bits per heavy atom. The van der Waals surface area contributed by atoms with E-state index in [1.54, 1.807) is 37.3 Å². The number of carbonyl (C=O) groups excluding carboxylic acids is 2. The average Bonchev–Trinajstić information content (AvgIpc) is 2.85. The molecule has 9 heteroatoms. The van der Waals surface area contributed by atoms with Gasteiger partial charge >= 0.3 is 0 Å². The van der Waals surface area contributed by atoms with Gasteiger partial charge in [-0.2, -0.15) is 0 Å². The van der Waals surface area contributed by atoms with Crippen LogP contribution in [0.5, 0.6) is 0 Å². The number of rotatable bonds is 10. The zero-order chi connectivity index (χ0) is 26.3. The highest BCUT2D eigenvalue weighted by molar-refractivity contribution is 7.92. The SMILES string of the molecule is CCc1ccc(N(CC(=O)N(Cc2cccc(Cl)c2)[C@@H](C)C(=O)NC2CCCCC2)S(C)(=O)=O)cc1. The first-order valence-corrected chi connectivity index (χ1v) is 14.7. The molecule has 1 saturated carbocycles. The third kappa shape index (κ3) is 7.71. The Hall–Kier alpha value is -2.58. The van der Waals surface area contributed by atoms with Gasteiger partial charge in [0.15, 0.2) is 0 Å². The fourth-order valence-corrected chi connectivity index (χ4v) is 5.56. The minimum absolute atomic E-state index is 0.0985. The first-order valence-electron chi connectivity index (χ1n) is 12.5. The second kappa shape index (κ2) is 12.6. The van der Waals surface area contributed by atoms with E-state index in [-0.39, 0.29) is 18.5 Å². The number of hydrogen-bond donors (Lipinski definition) is 1. The molecule has 0 saturated heterocycles. The number of sulfonamides is 1. The van der Waals surface area contributed by atoms with E-state index in [0.717, 1.165) is 53.8 Å². The molecule has 196 valence electrons. The summed E-state index contributed by atoms with van der Waals surface area (Å²) in [5.74, 6) is -0.707. The lowest BCUT2D eigenvalue weighted by Gasteiger charge is -2.33. The number of anilines is 1. The maximum absolute atomic E-state index is 13.6. The highest BCUT2D eigenvalue weighted by Gasteiger charge is 2.31.